The van der Waals surface area contributed by atoms with Crippen LogP contribution in [0.4, 0.5) is 4.39 Å². The van der Waals surface area contributed by atoms with Gasteiger partial charge in [0, 0.05) is 19.8 Å². The van der Waals surface area contributed by atoms with E-state index in [1.54, 1.807) is 35.0 Å². The number of hydrogen-bond acceptors (Lipinski definition) is 3. The lowest BCUT2D eigenvalue weighted by atomic mass is 9.93. The summed E-state index contributed by atoms with van der Waals surface area (Å²) in [5.74, 6) is -0.459. The maximum absolute atomic E-state index is 13.1. The van der Waals surface area contributed by atoms with Crippen molar-refractivity contribution in [2.24, 2.45) is 7.05 Å². The second kappa shape index (κ2) is 5.77. The summed E-state index contributed by atoms with van der Waals surface area (Å²) in [6.07, 6.45) is 2.83. The number of carbonyl (C=O) groups excluding carboxylic acids is 1. The Hall–Kier alpha value is -2.21. The van der Waals surface area contributed by atoms with E-state index >= 15 is 0 Å². The molecule has 23 heavy (non-hydrogen) atoms. The highest BCUT2D eigenvalue weighted by Gasteiger charge is 2.40. The average molecular weight is 317 g/mol. The minimum atomic E-state index is -1.13. The van der Waals surface area contributed by atoms with Gasteiger partial charge in [-0.1, -0.05) is 19.1 Å². The lowest BCUT2D eigenvalue weighted by Crippen LogP contribution is -2.34. The maximum Gasteiger partial charge on any atom is 0.257 e. The van der Waals surface area contributed by atoms with Crippen molar-refractivity contribution in [1.82, 2.24) is 14.7 Å². The van der Waals surface area contributed by atoms with E-state index in [2.05, 4.69) is 5.10 Å². The maximum atomic E-state index is 13.1. The van der Waals surface area contributed by atoms with Gasteiger partial charge in [0.1, 0.15) is 11.4 Å². The predicted molar refractivity (Wildman–Crippen MR) is 83.4 cm³/mol. The van der Waals surface area contributed by atoms with E-state index in [1.807, 2.05) is 6.92 Å². The summed E-state index contributed by atoms with van der Waals surface area (Å²) in [6, 6.07) is 5.80. The van der Waals surface area contributed by atoms with Crippen LogP contribution in [0.5, 0.6) is 0 Å². The lowest BCUT2D eigenvalue weighted by Gasteiger charge is -2.24. The molecule has 1 fully saturated rings. The second-order valence-electron chi connectivity index (χ2n) is 6.03. The van der Waals surface area contributed by atoms with Gasteiger partial charge in [0.05, 0.1) is 17.8 Å². The smallest absolute Gasteiger partial charge is 0.257 e. The number of halogens is 1. The Balaban J connectivity index is 1.81. The summed E-state index contributed by atoms with van der Waals surface area (Å²) in [5, 5.41) is 15.1. The Morgan fingerprint density at radius 3 is 2.74 bits per heavy atom. The quantitative estimate of drug-likeness (QED) is 0.940. The minimum absolute atomic E-state index is 0.118. The van der Waals surface area contributed by atoms with Crippen molar-refractivity contribution in [3.63, 3.8) is 0 Å². The van der Waals surface area contributed by atoms with Crippen molar-refractivity contribution < 1.29 is 14.3 Å². The Morgan fingerprint density at radius 2 is 2.09 bits per heavy atom. The van der Waals surface area contributed by atoms with Crippen LogP contribution in [-0.4, -0.2) is 38.8 Å². The van der Waals surface area contributed by atoms with Gasteiger partial charge in [-0.25, -0.2) is 4.39 Å². The zero-order valence-corrected chi connectivity index (χ0v) is 13.3. The molecular formula is C17H20FN3O2. The fourth-order valence-corrected chi connectivity index (χ4v) is 3.11. The van der Waals surface area contributed by atoms with Gasteiger partial charge >= 0.3 is 0 Å². The summed E-state index contributed by atoms with van der Waals surface area (Å²) in [5.41, 5.74) is 0.849. The van der Waals surface area contributed by atoms with Crippen LogP contribution < -0.4 is 0 Å². The number of nitrogens with zero attached hydrogens (tertiary/aromatic N) is 3. The van der Waals surface area contributed by atoms with E-state index < -0.39 is 5.60 Å². The SMILES string of the molecule is CCc1nn(C)cc1C(=O)N1CCC(O)(c2ccc(F)cc2)C1. The fourth-order valence-electron chi connectivity index (χ4n) is 3.11. The molecule has 1 aliphatic rings. The summed E-state index contributed by atoms with van der Waals surface area (Å²) < 4.78 is 14.7. The van der Waals surface area contributed by atoms with Crippen LogP contribution in [0.25, 0.3) is 0 Å². The van der Waals surface area contributed by atoms with Crippen molar-refractivity contribution in [3.8, 4) is 0 Å². The molecule has 1 atom stereocenters. The lowest BCUT2D eigenvalue weighted by molar-refractivity contribution is 0.0416. The van der Waals surface area contributed by atoms with E-state index in [0.717, 1.165) is 5.69 Å². The number of aromatic nitrogens is 2. The molecule has 1 saturated heterocycles. The van der Waals surface area contributed by atoms with E-state index in [1.165, 1.54) is 12.1 Å². The Labute approximate surface area is 134 Å². The number of rotatable bonds is 3. The Bertz CT molecular complexity index is 726. The summed E-state index contributed by atoms with van der Waals surface area (Å²) in [4.78, 5) is 14.4. The van der Waals surface area contributed by atoms with Crippen molar-refractivity contribution in [2.45, 2.75) is 25.4 Å². The van der Waals surface area contributed by atoms with E-state index in [-0.39, 0.29) is 18.3 Å². The molecule has 0 aliphatic carbocycles. The first kappa shape index (κ1) is 15.7. The van der Waals surface area contributed by atoms with Crippen LogP contribution in [0.2, 0.25) is 0 Å². The highest BCUT2D eigenvalue weighted by Crippen LogP contribution is 2.33. The van der Waals surface area contributed by atoms with E-state index in [9.17, 15) is 14.3 Å². The molecule has 0 bridgehead atoms. The Morgan fingerprint density at radius 1 is 1.39 bits per heavy atom. The number of aliphatic hydroxyl groups is 1. The molecule has 1 aliphatic heterocycles. The fraction of sp³-hybridized carbons (Fsp3) is 0.412. The zero-order chi connectivity index (χ0) is 16.6. The molecule has 0 spiro atoms. The minimum Gasteiger partial charge on any atom is -0.383 e. The van der Waals surface area contributed by atoms with Crippen LogP contribution in [0.1, 0.15) is 35.0 Å². The van der Waals surface area contributed by atoms with Crippen molar-refractivity contribution in [2.75, 3.05) is 13.1 Å². The standard InChI is InChI=1S/C17H20FN3O2/c1-3-15-14(10-20(2)19-15)16(22)21-9-8-17(23,11-21)12-4-6-13(18)7-5-12/h4-7,10,23H,3,8-9,11H2,1-2H3. The summed E-state index contributed by atoms with van der Waals surface area (Å²) in [6.45, 7) is 2.62. The van der Waals surface area contributed by atoms with Gasteiger partial charge in [-0.05, 0) is 30.5 Å². The van der Waals surface area contributed by atoms with Crippen molar-refractivity contribution in [1.29, 1.82) is 0 Å². The molecule has 2 heterocycles. The third kappa shape index (κ3) is 2.86. The molecule has 1 amide bonds. The van der Waals surface area contributed by atoms with Gasteiger partial charge in [0.2, 0.25) is 0 Å². The van der Waals surface area contributed by atoms with Crippen LogP contribution in [-0.2, 0) is 19.1 Å². The topological polar surface area (TPSA) is 58.4 Å². The molecule has 122 valence electrons. The molecule has 0 radical (unpaired) electrons. The molecule has 0 saturated carbocycles. The van der Waals surface area contributed by atoms with Gasteiger partial charge in [0.25, 0.3) is 5.91 Å². The van der Waals surface area contributed by atoms with E-state index in [0.29, 0.717) is 30.5 Å². The molecule has 1 aromatic carbocycles. The number of aryl methyl sites for hydroxylation is 2. The first-order chi connectivity index (χ1) is 10.9. The molecule has 5 nitrogen and oxygen atoms in total. The number of benzene rings is 1. The number of amides is 1. The third-order valence-corrected chi connectivity index (χ3v) is 4.39. The normalized spacial score (nSPS) is 21.0. The van der Waals surface area contributed by atoms with Crippen LogP contribution in [0.15, 0.2) is 30.5 Å². The van der Waals surface area contributed by atoms with Crippen molar-refractivity contribution in [3.05, 3.63) is 53.1 Å². The molecule has 1 aromatic heterocycles. The largest absolute Gasteiger partial charge is 0.383 e. The zero-order valence-electron chi connectivity index (χ0n) is 13.3. The molecule has 1 N–H and O–H groups in total. The van der Waals surface area contributed by atoms with Gasteiger partial charge in [-0.3, -0.25) is 9.48 Å². The molecule has 1 unspecified atom stereocenters. The average Bonchev–Trinajstić information content (AvgIpc) is 3.11. The first-order valence-corrected chi connectivity index (χ1v) is 7.73. The summed E-state index contributed by atoms with van der Waals surface area (Å²) >= 11 is 0. The predicted octanol–water partition coefficient (Wildman–Crippen LogP) is 1.86. The highest BCUT2D eigenvalue weighted by atomic mass is 19.1. The van der Waals surface area contributed by atoms with Crippen molar-refractivity contribution >= 4 is 5.91 Å². The van der Waals surface area contributed by atoms with E-state index in [4.69, 9.17) is 0 Å². The molecular weight excluding hydrogens is 297 g/mol. The van der Waals surface area contributed by atoms with Gasteiger partial charge in [-0.2, -0.15) is 5.10 Å². The number of hydrogen-bond donors (Lipinski definition) is 1. The number of likely N-dealkylation sites (tertiary alicyclic amines) is 1. The van der Waals surface area contributed by atoms with Gasteiger partial charge in [-0.15, -0.1) is 0 Å². The van der Waals surface area contributed by atoms with Crippen LogP contribution in [0.3, 0.4) is 0 Å². The van der Waals surface area contributed by atoms with Gasteiger partial charge < -0.3 is 10.0 Å². The first-order valence-electron chi connectivity index (χ1n) is 7.73. The molecule has 6 heteroatoms. The van der Waals surface area contributed by atoms with Crippen LogP contribution in [0, 0.1) is 5.82 Å². The highest BCUT2D eigenvalue weighted by molar-refractivity contribution is 5.95. The van der Waals surface area contributed by atoms with Gasteiger partial charge in [0.15, 0.2) is 0 Å². The third-order valence-electron chi connectivity index (χ3n) is 4.39. The molecule has 3 rings (SSSR count). The second-order valence-corrected chi connectivity index (χ2v) is 6.03. The number of β-amino-alcohol motifs (C(OH)–C–C–N with tert-alkyl or cyclic N) is 1. The molecule has 2 aromatic rings. The summed E-state index contributed by atoms with van der Waals surface area (Å²) in [7, 11) is 1.79. The number of carbonyl (C=O) groups is 1. The Kier molecular flexibility index (Phi) is 3.93. The monoisotopic (exact) mass is 317 g/mol. The van der Waals surface area contributed by atoms with Crippen LogP contribution >= 0.6 is 0 Å².